The fourth-order valence-corrected chi connectivity index (χ4v) is 3.26. The fourth-order valence-electron chi connectivity index (χ4n) is 2.89. The van der Waals surface area contributed by atoms with Gasteiger partial charge in [-0.25, -0.2) is 0 Å². The van der Waals surface area contributed by atoms with Crippen LogP contribution in [0.25, 0.3) is 5.57 Å². The first kappa shape index (κ1) is 10.5. The van der Waals surface area contributed by atoms with E-state index in [2.05, 4.69) is 38.4 Å². The maximum absolute atomic E-state index is 4.26. The third-order valence-electron chi connectivity index (χ3n) is 3.70. The van der Waals surface area contributed by atoms with Gasteiger partial charge in [0.25, 0.3) is 0 Å². The minimum Gasteiger partial charge on any atom is -0.316 e. The van der Waals surface area contributed by atoms with E-state index in [1.165, 1.54) is 30.5 Å². The Hall–Kier alpha value is -0.670. The normalized spacial score (nSPS) is 28.7. The molecule has 1 aromatic heterocycles. The van der Waals surface area contributed by atoms with Gasteiger partial charge in [0.05, 0.1) is 0 Å². The molecule has 1 saturated heterocycles. The van der Waals surface area contributed by atoms with Crippen molar-refractivity contribution in [2.45, 2.75) is 12.8 Å². The molecule has 16 heavy (non-hydrogen) atoms. The molecule has 1 aromatic rings. The van der Waals surface area contributed by atoms with Crippen molar-refractivity contribution in [2.24, 2.45) is 11.8 Å². The molecule has 84 valence electrons. The third-order valence-corrected chi connectivity index (χ3v) is 4.14. The van der Waals surface area contributed by atoms with Gasteiger partial charge in [0.1, 0.15) is 0 Å². The van der Waals surface area contributed by atoms with Gasteiger partial charge < -0.3 is 5.32 Å². The molecule has 2 atom stereocenters. The Labute approximate surface area is 104 Å². The number of nitrogens with one attached hydrogen (secondary N) is 1. The largest absolute Gasteiger partial charge is 0.316 e. The molecule has 1 N–H and O–H groups in total. The van der Waals surface area contributed by atoms with Crippen LogP contribution in [0.3, 0.4) is 0 Å². The number of aromatic nitrogens is 1. The Bertz CT molecular complexity index is 428. The molecular formula is C13H15BrN2. The highest BCUT2D eigenvalue weighted by Crippen LogP contribution is 2.41. The molecule has 1 aliphatic heterocycles. The minimum absolute atomic E-state index is 0.699. The number of piperidine rings is 1. The Morgan fingerprint density at radius 3 is 3.19 bits per heavy atom. The summed E-state index contributed by atoms with van der Waals surface area (Å²) in [6.07, 6.45) is 8.79. The second kappa shape index (κ2) is 4.30. The van der Waals surface area contributed by atoms with Crippen LogP contribution < -0.4 is 5.32 Å². The molecule has 0 aromatic carbocycles. The second-order valence-electron chi connectivity index (χ2n) is 4.65. The summed E-state index contributed by atoms with van der Waals surface area (Å²) >= 11 is 3.49. The SMILES string of the molecule is Brc1cncc(C2=CC[C@@H]3CCNC[C@H]23)c1. The van der Waals surface area contributed by atoms with E-state index in [0.717, 1.165) is 16.9 Å². The molecule has 2 aliphatic rings. The van der Waals surface area contributed by atoms with Crippen LogP contribution >= 0.6 is 15.9 Å². The summed E-state index contributed by atoms with van der Waals surface area (Å²) in [5, 5.41) is 3.50. The van der Waals surface area contributed by atoms with Crippen molar-refractivity contribution in [2.75, 3.05) is 13.1 Å². The smallest absolute Gasteiger partial charge is 0.0410 e. The van der Waals surface area contributed by atoms with Crippen LogP contribution in [0, 0.1) is 11.8 Å². The quantitative estimate of drug-likeness (QED) is 0.855. The minimum atomic E-state index is 0.699. The predicted octanol–water partition coefficient (Wildman–Crippen LogP) is 2.86. The van der Waals surface area contributed by atoms with Crippen molar-refractivity contribution >= 4 is 21.5 Å². The number of hydrogen-bond acceptors (Lipinski definition) is 2. The number of halogens is 1. The lowest BCUT2D eigenvalue weighted by molar-refractivity contribution is 0.328. The molecule has 0 spiro atoms. The van der Waals surface area contributed by atoms with Crippen LogP contribution in [0.1, 0.15) is 18.4 Å². The average molecular weight is 279 g/mol. The molecule has 0 amide bonds. The number of rotatable bonds is 1. The summed E-state index contributed by atoms with van der Waals surface area (Å²) in [6, 6.07) is 2.18. The van der Waals surface area contributed by atoms with Crippen molar-refractivity contribution in [3.8, 4) is 0 Å². The predicted molar refractivity (Wildman–Crippen MR) is 69.0 cm³/mol. The zero-order valence-corrected chi connectivity index (χ0v) is 10.7. The van der Waals surface area contributed by atoms with Gasteiger partial charge in [0.2, 0.25) is 0 Å². The van der Waals surface area contributed by atoms with E-state index in [1.54, 1.807) is 0 Å². The van der Waals surface area contributed by atoms with Gasteiger partial charge in [-0.15, -0.1) is 0 Å². The van der Waals surface area contributed by atoms with Crippen LogP contribution in [0.2, 0.25) is 0 Å². The highest BCUT2D eigenvalue weighted by molar-refractivity contribution is 9.10. The van der Waals surface area contributed by atoms with Crippen LogP contribution in [-0.4, -0.2) is 18.1 Å². The lowest BCUT2D eigenvalue weighted by Crippen LogP contribution is -2.34. The average Bonchev–Trinajstić information content (AvgIpc) is 2.72. The van der Waals surface area contributed by atoms with Crippen molar-refractivity contribution in [3.63, 3.8) is 0 Å². The Kier molecular flexibility index (Phi) is 2.82. The standard InChI is InChI=1S/C13H15BrN2/c14-11-5-10(6-16-7-11)12-2-1-9-3-4-15-8-13(9)12/h2,5-7,9,13,15H,1,3-4,8H2/t9-,13+/m1/s1. The lowest BCUT2D eigenvalue weighted by atomic mass is 9.84. The van der Waals surface area contributed by atoms with Crippen molar-refractivity contribution in [1.29, 1.82) is 0 Å². The molecule has 0 radical (unpaired) electrons. The molecular weight excluding hydrogens is 264 g/mol. The topological polar surface area (TPSA) is 24.9 Å². The van der Waals surface area contributed by atoms with Crippen LogP contribution in [0.5, 0.6) is 0 Å². The highest BCUT2D eigenvalue weighted by atomic mass is 79.9. The molecule has 3 rings (SSSR count). The van der Waals surface area contributed by atoms with Crippen LogP contribution in [0.15, 0.2) is 29.0 Å². The number of allylic oxidation sites excluding steroid dienone is 1. The summed E-state index contributed by atoms with van der Waals surface area (Å²) in [4.78, 5) is 4.26. The highest BCUT2D eigenvalue weighted by Gasteiger charge is 2.32. The van der Waals surface area contributed by atoms with Crippen molar-refractivity contribution < 1.29 is 0 Å². The maximum Gasteiger partial charge on any atom is 0.0410 e. The van der Waals surface area contributed by atoms with Crippen molar-refractivity contribution in [3.05, 3.63) is 34.6 Å². The molecule has 1 aliphatic carbocycles. The van der Waals surface area contributed by atoms with Crippen molar-refractivity contribution in [1.82, 2.24) is 10.3 Å². The number of fused-ring (bicyclic) bond motifs is 1. The van der Waals surface area contributed by atoms with Gasteiger partial charge >= 0.3 is 0 Å². The molecule has 3 heteroatoms. The van der Waals surface area contributed by atoms with Crippen LogP contribution in [-0.2, 0) is 0 Å². The summed E-state index contributed by atoms with van der Waals surface area (Å²) in [5.74, 6) is 1.56. The van der Waals surface area contributed by atoms with E-state index >= 15 is 0 Å². The summed E-state index contributed by atoms with van der Waals surface area (Å²) in [6.45, 7) is 2.31. The van der Waals surface area contributed by atoms with E-state index in [4.69, 9.17) is 0 Å². The Morgan fingerprint density at radius 1 is 1.38 bits per heavy atom. The van der Waals surface area contributed by atoms with E-state index in [-0.39, 0.29) is 0 Å². The second-order valence-corrected chi connectivity index (χ2v) is 5.56. The third kappa shape index (κ3) is 1.82. The molecule has 0 saturated carbocycles. The first-order valence-corrected chi connectivity index (χ1v) is 6.65. The molecule has 2 nitrogen and oxygen atoms in total. The number of pyridine rings is 1. The van der Waals surface area contributed by atoms with Gasteiger partial charge in [0.15, 0.2) is 0 Å². The number of hydrogen-bond donors (Lipinski definition) is 1. The number of nitrogens with zero attached hydrogens (tertiary/aromatic N) is 1. The molecule has 2 heterocycles. The van der Waals surface area contributed by atoms with Gasteiger partial charge in [-0.1, -0.05) is 6.08 Å². The van der Waals surface area contributed by atoms with Crippen LogP contribution in [0.4, 0.5) is 0 Å². The maximum atomic E-state index is 4.26. The van der Waals surface area contributed by atoms with E-state index in [9.17, 15) is 0 Å². The fraction of sp³-hybridized carbons (Fsp3) is 0.462. The monoisotopic (exact) mass is 278 g/mol. The first-order chi connectivity index (χ1) is 7.84. The summed E-state index contributed by atoms with van der Waals surface area (Å²) in [5.41, 5.74) is 2.77. The van der Waals surface area contributed by atoms with Gasteiger partial charge in [0, 0.05) is 23.4 Å². The first-order valence-electron chi connectivity index (χ1n) is 5.86. The Morgan fingerprint density at radius 2 is 2.31 bits per heavy atom. The summed E-state index contributed by atoms with van der Waals surface area (Å²) in [7, 11) is 0. The van der Waals surface area contributed by atoms with Gasteiger partial charge in [-0.05, 0) is 64.4 Å². The zero-order chi connectivity index (χ0) is 11.0. The van der Waals surface area contributed by atoms with Gasteiger partial charge in [-0.2, -0.15) is 0 Å². The Balaban J connectivity index is 1.90. The molecule has 0 unspecified atom stereocenters. The zero-order valence-electron chi connectivity index (χ0n) is 9.12. The molecule has 1 fully saturated rings. The van der Waals surface area contributed by atoms with Gasteiger partial charge in [-0.3, -0.25) is 4.98 Å². The molecule has 0 bridgehead atoms. The van der Waals surface area contributed by atoms with E-state index in [1.807, 2.05) is 12.4 Å². The van der Waals surface area contributed by atoms with E-state index < -0.39 is 0 Å². The van der Waals surface area contributed by atoms with E-state index in [0.29, 0.717) is 5.92 Å². The summed E-state index contributed by atoms with van der Waals surface area (Å²) < 4.78 is 1.07. The lowest BCUT2D eigenvalue weighted by Gasteiger charge is -2.28.